The van der Waals surface area contributed by atoms with Crippen molar-refractivity contribution in [1.29, 1.82) is 5.26 Å². The third-order valence-corrected chi connectivity index (χ3v) is 5.62. The molecule has 1 aromatic carbocycles. The van der Waals surface area contributed by atoms with Crippen LogP contribution in [0.15, 0.2) is 24.5 Å². The molecule has 1 aliphatic heterocycles. The van der Waals surface area contributed by atoms with Crippen LogP contribution in [0.1, 0.15) is 25.3 Å². The third-order valence-electron chi connectivity index (χ3n) is 4.76. The number of rotatable bonds is 6. The van der Waals surface area contributed by atoms with Gasteiger partial charge in [0, 0.05) is 31.5 Å². The summed E-state index contributed by atoms with van der Waals surface area (Å²) in [5.74, 6) is 0.457. The van der Waals surface area contributed by atoms with E-state index in [9.17, 15) is 13.7 Å². The number of hydrogen-bond acceptors (Lipinski definition) is 7. The van der Waals surface area contributed by atoms with Crippen molar-refractivity contribution in [3.8, 4) is 6.07 Å². The summed E-state index contributed by atoms with van der Waals surface area (Å²) < 4.78 is 22.1. The molecule has 9 heteroatoms. The normalized spacial score (nSPS) is 20.6. The van der Waals surface area contributed by atoms with Gasteiger partial charge in [-0.25, -0.2) is 13.6 Å². The Morgan fingerprint density at radius 3 is 2.74 bits per heavy atom. The second kappa shape index (κ2) is 8.17. The second-order valence-electron chi connectivity index (χ2n) is 7.12. The number of hydrogen-bond donors (Lipinski definition) is 2. The first-order valence-electron chi connectivity index (χ1n) is 9.00. The number of anilines is 1. The fourth-order valence-electron chi connectivity index (χ4n) is 3.66. The molecular weight excluding hydrogens is 364 g/mol. The number of primary sulfonamides is 1. The van der Waals surface area contributed by atoms with Crippen molar-refractivity contribution < 1.29 is 8.42 Å². The van der Waals surface area contributed by atoms with E-state index < -0.39 is 10.0 Å². The molecule has 3 N–H and O–H groups in total. The van der Waals surface area contributed by atoms with E-state index >= 15 is 0 Å². The average molecular weight is 388 g/mol. The van der Waals surface area contributed by atoms with E-state index in [0.29, 0.717) is 30.0 Å². The van der Waals surface area contributed by atoms with Gasteiger partial charge in [-0.2, -0.15) is 5.26 Å². The molecule has 0 aliphatic carbocycles. The fourth-order valence-corrected chi connectivity index (χ4v) is 4.21. The van der Waals surface area contributed by atoms with Gasteiger partial charge >= 0.3 is 0 Å². The van der Waals surface area contributed by atoms with Gasteiger partial charge in [0.2, 0.25) is 10.0 Å². The number of nitriles is 1. The van der Waals surface area contributed by atoms with Crippen molar-refractivity contribution in [2.75, 3.05) is 30.3 Å². The molecule has 0 radical (unpaired) electrons. The number of fused-ring (bicyclic) bond motifs is 1. The van der Waals surface area contributed by atoms with E-state index in [4.69, 9.17) is 5.14 Å². The molecule has 0 unspecified atom stereocenters. The summed E-state index contributed by atoms with van der Waals surface area (Å²) in [5, 5.41) is 17.8. The van der Waals surface area contributed by atoms with Gasteiger partial charge in [0.15, 0.2) is 0 Å². The Morgan fingerprint density at radius 1 is 1.30 bits per heavy atom. The van der Waals surface area contributed by atoms with Crippen LogP contribution in [0.2, 0.25) is 0 Å². The first-order valence-corrected chi connectivity index (χ1v) is 10.7. The number of nitrogens with one attached hydrogen (secondary N) is 1. The summed E-state index contributed by atoms with van der Waals surface area (Å²) in [5.41, 5.74) is 2.84. The van der Waals surface area contributed by atoms with Gasteiger partial charge in [0.25, 0.3) is 0 Å². The van der Waals surface area contributed by atoms with Gasteiger partial charge in [-0.1, -0.05) is 6.92 Å². The van der Waals surface area contributed by atoms with E-state index in [1.54, 1.807) is 18.5 Å². The SMILES string of the molecule is C[C@H]1C[C@@H](NCCCS(N)(=O)=O)CN(c2ccc(C#N)c3nccnc23)C1. The van der Waals surface area contributed by atoms with Crippen LogP contribution in [-0.4, -0.2) is 49.8 Å². The molecule has 1 aromatic heterocycles. The highest BCUT2D eigenvalue weighted by Gasteiger charge is 2.26. The Hall–Kier alpha value is -2.28. The molecule has 8 nitrogen and oxygen atoms in total. The predicted octanol–water partition coefficient (Wildman–Crippen LogP) is 0.984. The van der Waals surface area contributed by atoms with Crippen LogP contribution in [-0.2, 0) is 10.0 Å². The molecule has 27 heavy (non-hydrogen) atoms. The van der Waals surface area contributed by atoms with E-state index in [-0.39, 0.29) is 11.8 Å². The largest absolute Gasteiger partial charge is 0.368 e. The monoisotopic (exact) mass is 388 g/mol. The summed E-state index contributed by atoms with van der Waals surface area (Å²) in [6.07, 6.45) is 4.76. The summed E-state index contributed by atoms with van der Waals surface area (Å²) in [7, 11) is -3.41. The number of benzene rings is 1. The minimum atomic E-state index is -3.41. The standard InChI is InChI=1S/C18H24N6O2S/c1-13-9-15(21-5-2-8-27(20,25)26)12-24(11-13)16-4-3-14(10-19)17-18(16)23-7-6-22-17/h3-4,6-7,13,15,21H,2,5,8-9,11-12H2,1H3,(H2,20,25,26)/t13-,15+/m0/s1. The van der Waals surface area contributed by atoms with Gasteiger partial charge in [0.05, 0.1) is 17.0 Å². The molecule has 0 spiro atoms. The third kappa shape index (κ3) is 4.91. The first-order chi connectivity index (χ1) is 12.9. The summed E-state index contributed by atoms with van der Waals surface area (Å²) in [6, 6.07) is 6.15. The van der Waals surface area contributed by atoms with Crippen LogP contribution in [0.25, 0.3) is 11.0 Å². The van der Waals surface area contributed by atoms with Gasteiger partial charge in [0.1, 0.15) is 17.1 Å². The molecular formula is C18H24N6O2S. The number of nitrogens with zero attached hydrogens (tertiary/aromatic N) is 4. The summed E-state index contributed by atoms with van der Waals surface area (Å²) >= 11 is 0. The smallest absolute Gasteiger partial charge is 0.209 e. The maximum Gasteiger partial charge on any atom is 0.209 e. The first kappa shape index (κ1) is 19.5. The molecule has 0 bridgehead atoms. The van der Waals surface area contributed by atoms with Gasteiger partial charge in [-0.3, -0.25) is 9.97 Å². The van der Waals surface area contributed by atoms with Crippen molar-refractivity contribution >= 4 is 26.7 Å². The zero-order chi connectivity index (χ0) is 19.4. The lowest BCUT2D eigenvalue weighted by Crippen LogP contribution is -2.49. The fraction of sp³-hybridized carbons (Fsp3) is 0.500. The quantitative estimate of drug-likeness (QED) is 0.707. The minimum absolute atomic E-state index is 0.0121. The Kier molecular flexibility index (Phi) is 5.89. The van der Waals surface area contributed by atoms with Crippen LogP contribution >= 0.6 is 0 Å². The van der Waals surface area contributed by atoms with Gasteiger partial charge in [-0.15, -0.1) is 0 Å². The minimum Gasteiger partial charge on any atom is -0.368 e. The Morgan fingerprint density at radius 2 is 2.04 bits per heavy atom. The van der Waals surface area contributed by atoms with E-state index in [1.807, 2.05) is 6.07 Å². The predicted molar refractivity (Wildman–Crippen MR) is 105 cm³/mol. The lowest BCUT2D eigenvalue weighted by Gasteiger charge is -2.38. The molecule has 1 fully saturated rings. The topological polar surface area (TPSA) is 125 Å². The highest BCUT2D eigenvalue weighted by atomic mass is 32.2. The number of nitrogens with two attached hydrogens (primary N) is 1. The molecule has 2 aromatic rings. The van der Waals surface area contributed by atoms with Gasteiger partial charge in [-0.05, 0) is 37.4 Å². The number of aromatic nitrogens is 2. The van der Waals surface area contributed by atoms with Gasteiger partial charge < -0.3 is 10.2 Å². The molecule has 0 saturated carbocycles. The highest BCUT2D eigenvalue weighted by molar-refractivity contribution is 7.89. The highest BCUT2D eigenvalue weighted by Crippen LogP contribution is 2.30. The van der Waals surface area contributed by atoms with Crippen molar-refractivity contribution in [3.63, 3.8) is 0 Å². The Labute approximate surface area is 159 Å². The molecule has 0 amide bonds. The summed E-state index contributed by atoms with van der Waals surface area (Å²) in [4.78, 5) is 11.1. The van der Waals surface area contributed by atoms with E-state index in [1.165, 1.54) is 0 Å². The number of piperidine rings is 1. The zero-order valence-electron chi connectivity index (χ0n) is 15.3. The van der Waals surface area contributed by atoms with Crippen LogP contribution < -0.4 is 15.4 Å². The van der Waals surface area contributed by atoms with Crippen LogP contribution in [0.3, 0.4) is 0 Å². The molecule has 1 saturated heterocycles. The van der Waals surface area contributed by atoms with Crippen molar-refractivity contribution in [3.05, 3.63) is 30.1 Å². The Bertz CT molecular complexity index is 956. The zero-order valence-corrected chi connectivity index (χ0v) is 16.1. The maximum absolute atomic E-state index is 11.1. The molecule has 1 aliphatic rings. The maximum atomic E-state index is 11.1. The van der Waals surface area contributed by atoms with Crippen molar-refractivity contribution in [2.24, 2.45) is 11.1 Å². The number of sulfonamides is 1. The van der Waals surface area contributed by atoms with E-state index in [0.717, 1.165) is 30.7 Å². The molecule has 3 rings (SSSR count). The Balaban J connectivity index is 1.75. The lowest BCUT2D eigenvalue weighted by atomic mass is 9.95. The lowest BCUT2D eigenvalue weighted by molar-refractivity contribution is 0.352. The van der Waals surface area contributed by atoms with Crippen LogP contribution in [0.4, 0.5) is 5.69 Å². The van der Waals surface area contributed by atoms with Crippen LogP contribution in [0, 0.1) is 17.2 Å². The van der Waals surface area contributed by atoms with E-state index in [2.05, 4.69) is 33.2 Å². The molecule has 2 heterocycles. The molecule has 2 atom stereocenters. The summed E-state index contributed by atoms with van der Waals surface area (Å²) in [6.45, 7) is 4.49. The van der Waals surface area contributed by atoms with Crippen molar-refractivity contribution in [2.45, 2.75) is 25.8 Å². The molecule has 144 valence electrons. The second-order valence-corrected chi connectivity index (χ2v) is 8.85. The van der Waals surface area contributed by atoms with Crippen LogP contribution in [0.5, 0.6) is 0 Å². The van der Waals surface area contributed by atoms with Crippen molar-refractivity contribution in [1.82, 2.24) is 15.3 Å². The average Bonchev–Trinajstić information content (AvgIpc) is 2.63.